The lowest BCUT2D eigenvalue weighted by molar-refractivity contribution is 0.587. The number of nitrogens with one attached hydrogen (secondary N) is 2. The molecule has 0 unspecified atom stereocenters. The first-order valence-corrected chi connectivity index (χ1v) is 11.5. The van der Waals surface area contributed by atoms with Crippen molar-refractivity contribution < 1.29 is 9.84 Å². The van der Waals surface area contributed by atoms with Gasteiger partial charge in [0.15, 0.2) is 15.5 Å². The highest BCUT2D eigenvalue weighted by molar-refractivity contribution is 7.92. The number of aromatic nitrogens is 7. The molecule has 0 aliphatic carbocycles. The summed E-state index contributed by atoms with van der Waals surface area (Å²) in [5.41, 5.74) is 5.47. The lowest BCUT2D eigenvalue weighted by Crippen LogP contribution is -2.13. The molecule has 0 radical (unpaired) electrons. The van der Waals surface area contributed by atoms with Crippen molar-refractivity contribution in [1.29, 1.82) is 0 Å². The van der Waals surface area contributed by atoms with Crippen LogP contribution in [0.25, 0.3) is 44.9 Å². The number of tetrazole rings is 1. The van der Waals surface area contributed by atoms with Crippen molar-refractivity contribution >= 4 is 21.0 Å². The number of nitrogens with zero attached hydrogens (tertiary/aromatic N) is 5. The number of benzene rings is 2. The van der Waals surface area contributed by atoms with E-state index in [1.54, 1.807) is 44.3 Å². The van der Waals surface area contributed by atoms with Crippen LogP contribution in [0.15, 0.2) is 65.8 Å². The molecule has 5 rings (SSSR count). The molecule has 2 aromatic carbocycles. The minimum absolute atomic E-state index is 0. The van der Waals surface area contributed by atoms with E-state index in [0.29, 0.717) is 27.6 Å². The molecule has 32 heavy (non-hydrogen) atoms. The highest BCUT2D eigenvalue weighted by Gasteiger charge is 2.19. The molecule has 9 nitrogen and oxygen atoms in total. The summed E-state index contributed by atoms with van der Waals surface area (Å²) in [4.78, 5) is 12.8. The average molecular weight is 448 g/mol. The maximum atomic E-state index is 12.4. The molecule has 0 spiro atoms. The summed E-state index contributed by atoms with van der Waals surface area (Å²) in [6.45, 7) is 3.34. The van der Waals surface area contributed by atoms with E-state index in [1.807, 2.05) is 30.5 Å². The lowest BCUT2D eigenvalue weighted by Gasteiger charge is -2.08. The van der Waals surface area contributed by atoms with Gasteiger partial charge < -0.3 is 4.98 Å². The number of rotatable bonds is 5. The van der Waals surface area contributed by atoms with Crippen LogP contribution in [0.3, 0.4) is 0 Å². The fraction of sp³-hybridized carbons (Fsp3) is 0.136. The Morgan fingerprint density at radius 2 is 1.78 bits per heavy atom. The summed E-state index contributed by atoms with van der Waals surface area (Å²) in [5, 5.41) is 13.7. The lowest BCUT2D eigenvalue weighted by atomic mass is 10.0. The molecule has 0 saturated carbocycles. The molecule has 0 aliphatic rings. The van der Waals surface area contributed by atoms with Gasteiger partial charge in [0.1, 0.15) is 5.52 Å². The molecule has 0 amide bonds. The second-order valence-electron chi connectivity index (χ2n) is 7.59. The van der Waals surface area contributed by atoms with Crippen molar-refractivity contribution in [3.8, 4) is 33.8 Å². The quantitative estimate of drug-likeness (QED) is 0.418. The standard InChI is InChI=1S/C22H19N7O2S.H2/c1-13(2)32(30,31)17-8-6-14(7-9-17)19-12-24-22-20(25-19)18(11-23-22)15-4-3-5-16(10-15)21-26-28-29-27-21;/h3-13H,1-2H3,(H,23,24)(H,26,27,28,29);1H. The molecule has 5 aromatic rings. The molecule has 0 saturated heterocycles. The summed E-state index contributed by atoms with van der Waals surface area (Å²) in [7, 11) is -3.33. The summed E-state index contributed by atoms with van der Waals surface area (Å²) in [6.07, 6.45) is 3.53. The van der Waals surface area contributed by atoms with Crippen molar-refractivity contribution in [3.63, 3.8) is 0 Å². The van der Waals surface area contributed by atoms with Crippen LogP contribution in [-0.4, -0.2) is 49.2 Å². The monoisotopic (exact) mass is 447 g/mol. The summed E-state index contributed by atoms with van der Waals surface area (Å²) in [5.74, 6) is 0.509. The van der Waals surface area contributed by atoms with E-state index < -0.39 is 15.1 Å². The molecule has 0 aliphatic heterocycles. The van der Waals surface area contributed by atoms with Crippen molar-refractivity contribution in [1.82, 2.24) is 35.6 Å². The first kappa shape index (κ1) is 20.0. The summed E-state index contributed by atoms with van der Waals surface area (Å²) in [6, 6.07) is 14.5. The number of fused-ring (bicyclic) bond motifs is 1. The van der Waals surface area contributed by atoms with Gasteiger partial charge in [-0.1, -0.05) is 30.3 Å². The van der Waals surface area contributed by atoms with E-state index >= 15 is 0 Å². The molecule has 3 aromatic heterocycles. The number of H-pyrrole nitrogens is 2. The Balaban J connectivity index is 0.00000259. The van der Waals surface area contributed by atoms with Crippen LogP contribution < -0.4 is 0 Å². The first-order chi connectivity index (χ1) is 15.4. The minimum atomic E-state index is -3.33. The third-order valence-electron chi connectivity index (χ3n) is 5.26. The minimum Gasteiger partial charge on any atom is -0.344 e. The van der Waals surface area contributed by atoms with Gasteiger partial charge in [0.25, 0.3) is 0 Å². The van der Waals surface area contributed by atoms with Gasteiger partial charge in [-0.25, -0.2) is 18.4 Å². The summed E-state index contributed by atoms with van der Waals surface area (Å²) < 4.78 is 24.8. The predicted molar refractivity (Wildman–Crippen MR) is 122 cm³/mol. The van der Waals surface area contributed by atoms with Crippen LogP contribution in [0.5, 0.6) is 0 Å². The molecule has 2 N–H and O–H groups in total. The van der Waals surface area contributed by atoms with E-state index in [0.717, 1.165) is 22.3 Å². The Bertz CT molecular complexity index is 1510. The van der Waals surface area contributed by atoms with E-state index in [2.05, 4.69) is 30.6 Å². The van der Waals surface area contributed by atoms with Crippen molar-refractivity contribution in [2.45, 2.75) is 24.0 Å². The van der Waals surface area contributed by atoms with Gasteiger partial charge >= 0.3 is 0 Å². The Morgan fingerprint density at radius 1 is 1.00 bits per heavy atom. The topological polar surface area (TPSA) is 130 Å². The smallest absolute Gasteiger partial charge is 0.204 e. The molecule has 0 atom stereocenters. The van der Waals surface area contributed by atoms with E-state index in [1.165, 1.54) is 0 Å². The zero-order valence-electron chi connectivity index (χ0n) is 17.3. The second kappa shape index (κ2) is 7.65. The Hall–Kier alpha value is -3.92. The van der Waals surface area contributed by atoms with Crippen LogP contribution in [-0.2, 0) is 9.84 Å². The zero-order valence-corrected chi connectivity index (χ0v) is 18.1. The van der Waals surface area contributed by atoms with E-state index in [4.69, 9.17) is 4.98 Å². The molecule has 10 heteroatoms. The van der Waals surface area contributed by atoms with Gasteiger partial charge in [-0.3, -0.25) is 0 Å². The van der Waals surface area contributed by atoms with Gasteiger partial charge in [0.2, 0.25) is 5.82 Å². The normalized spacial score (nSPS) is 12.0. The first-order valence-electron chi connectivity index (χ1n) is 9.96. The van der Waals surface area contributed by atoms with Crippen molar-refractivity contribution in [3.05, 3.63) is 60.9 Å². The summed E-state index contributed by atoms with van der Waals surface area (Å²) >= 11 is 0. The van der Waals surface area contributed by atoms with E-state index in [-0.39, 0.29) is 1.43 Å². The SMILES string of the molecule is CC(C)S(=O)(=O)c1ccc(-c2cnc3[nH]cc(-c4cccc(-c5nn[nH]n5)c4)c3n2)cc1.[HH]. The van der Waals surface area contributed by atoms with Crippen LogP contribution in [0.1, 0.15) is 15.3 Å². The van der Waals surface area contributed by atoms with Gasteiger partial charge in [-0.2, -0.15) is 5.21 Å². The molecule has 3 heterocycles. The van der Waals surface area contributed by atoms with E-state index in [9.17, 15) is 8.42 Å². The Morgan fingerprint density at radius 3 is 2.50 bits per heavy atom. The molecule has 0 fully saturated rings. The molecule has 0 bridgehead atoms. The van der Waals surface area contributed by atoms with Crippen LogP contribution in [0.2, 0.25) is 0 Å². The Labute approximate surface area is 185 Å². The Kier molecular flexibility index (Phi) is 4.78. The van der Waals surface area contributed by atoms with Gasteiger partial charge in [0, 0.05) is 24.3 Å². The maximum Gasteiger partial charge on any atom is 0.204 e. The molecule has 162 valence electrons. The fourth-order valence-corrected chi connectivity index (χ4v) is 4.51. The number of aromatic amines is 2. The highest BCUT2D eigenvalue weighted by Crippen LogP contribution is 2.31. The maximum absolute atomic E-state index is 12.4. The number of hydrogen-bond acceptors (Lipinski definition) is 7. The molecular formula is C22H21N7O2S. The molecular weight excluding hydrogens is 426 g/mol. The zero-order chi connectivity index (χ0) is 22.3. The second-order valence-corrected chi connectivity index (χ2v) is 10.1. The average Bonchev–Trinajstić information content (AvgIpc) is 3.49. The number of sulfone groups is 1. The largest absolute Gasteiger partial charge is 0.344 e. The van der Waals surface area contributed by atoms with Crippen molar-refractivity contribution in [2.75, 3.05) is 0 Å². The highest BCUT2D eigenvalue weighted by atomic mass is 32.2. The number of hydrogen-bond donors (Lipinski definition) is 2. The third kappa shape index (κ3) is 3.44. The van der Waals surface area contributed by atoms with Crippen LogP contribution in [0.4, 0.5) is 0 Å². The van der Waals surface area contributed by atoms with Gasteiger partial charge in [-0.05, 0) is 42.8 Å². The fourth-order valence-electron chi connectivity index (χ4n) is 3.45. The van der Waals surface area contributed by atoms with Gasteiger partial charge in [0.05, 0.1) is 22.0 Å². The van der Waals surface area contributed by atoms with Gasteiger partial charge in [-0.15, -0.1) is 10.2 Å². The van der Waals surface area contributed by atoms with Crippen LogP contribution in [0, 0.1) is 0 Å². The van der Waals surface area contributed by atoms with Crippen LogP contribution >= 0.6 is 0 Å². The predicted octanol–water partition coefficient (Wildman–Crippen LogP) is 3.90. The van der Waals surface area contributed by atoms with Crippen molar-refractivity contribution in [2.24, 2.45) is 0 Å². The third-order valence-corrected chi connectivity index (χ3v) is 7.43.